The molecule has 0 rings (SSSR count). The highest BCUT2D eigenvalue weighted by atomic mass is 35.5. The van der Waals surface area contributed by atoms with Gasteiger partial charge in [-0.2, -0.15) is 0 Å². The van der Waals surface area contributed by atoms with E-state index in [0.717, 1.165) is 11.5 Å². The monoisotopic (exact) mass is 148 g/mol. The van der Waals surface area contributed by atoms with Crippen molar-refractivity contribution in [3.8, 4) is 0 Å². The second-order valence-corrected chi connectivity index (χ2v) is 8.60. The van der Waals surface area contributed by atoms with Gasteiger partial charge >= 0.3 is 0 Å². The maximum atomic E-state index is 5.69. The quantitative estimate of drug-likeness (QED) is 0.328. The van der Waals surface area contributed by atoms with Gasteiger partial charge in [-0.05, 0) is 6.04 Å². The summed E-state index contributed by atoms with van der Waals surface area (Å²) >= 11 is 5.69. The van der Waals surface area contributed by atoms with Crippen molar-refractivity contribution < 1.29 is 0 Å². The minimum atomic E-state index is -1.03. The zero-order valence-corrected chi connectivity index (χ0v) is 7.33. The van der Waals surface area contributed by atoms with E-state index in [-0.39, 0.29) is 0 Å². The molecule has 0 aliphatic heterocycles. The molecule has 0 aliphatic rings. The first kappa shape index (κ1) is 8.25. The molecule has 0 fully saturated rings. The minimum Gasteiger partial charge on any atom is -0.130 e. The van der Waals surface area contributed by atoms with Crippen LogP contribution in [0.4, 0.5) is 0 Å². The van der Waals surface area contributed by atoms with Gasteiger partial charge in [0.1, 0.15) is 0 Å². The Morgan fingerprint density at radius 3 is 2.25 bits per heavy atom. The van der Waals surface area contributed by atoms with Crippen LogP contribution in [0.15, 0.2) is 12.7 Å². The number of hydrogen-bond donors (Lipinski definition) is 0. The summed E-state index contributed by atoms with van der Waals surface area (Å²) in [7, 11) is -1.03. The van der Waals surface area contributed by atoms with Gasteiger partial charge in [-0.25, -0.2) is 0 Å². The SMILES string of the molecule is C=CC[Si](C)(C)CCl. The number of rotatable bonds is 3. The fraction of sp³-hybridized carbons (Fsp3) is 0.667. The molecule has 0 aromatic carbocycles. The van der Waals surface area contributed by atoms with Crippen LogP contribution in [0.3, 0.4) is 0 Å². The lowest BCUT2D eigenvalue weighted by Crippen LogP contribution is -2.26. The lowest BCUT2D eigenvalue weighted by Gasteiger charge is -2.14. The molecule has 8 heavy (non-hydrogen) atoms. The van der Waals surface area contributed by atoms with Gasteiger partial charge in [0.2, 0.25) is 0 Å². The molecular formula is C6H13ClSi. The van der Waals surface area contributed by atoms with E-state index >= 15 is 0 Å². The third kappa shape index (κ3) is 3.27. The number of allylic oxidation sites excluding steroid dienone is 1. The molecule has 0 nitrogen and oxygen atoms in total. The van der Waals surface area contributed by atoms with Crippen LogP contribution in [-0.4, -0.2) is 13.6 Å². The summed E-state index contributed by atoms with van der Waals surface area (Å²) in [6.45, 7) is 8.20. The predicted octanol–water partition coefficient (Wildman–Crippen LogP) is 2.66. The van der Waals surface area contributed by atoms with Gasteiger partial charge in [0.05, 0.1) is 8.07 Å². The summed E-state index contributed by atoms with van der Waals surface area (Å²) < 4.78 is 0. The number of halogens is 1. The van der Waals surface area contributed by atoms with E-state index in [0.29, 0.717) is 0 Å². The van der Waals surface area contributed by atoms with Gasteiger partial charge in [-0.3, -0.25) is 0 Å². The normalized spacial score (nSPS) is 11.4. The summed E-state index contributed by atoms with van der Waals surface area (Å²) in [6.07, 6.45) is 1.97. The Balaban J connectivity index is 3.53. The molecule has 0 N–H and O–H groups in total. The van der Waals surface area contributed by atoms with Crippen LogP contribution in [0.1, 0.15) is 0 Å². The molecule has 0 saturated carbocycles. The molecule has 0 unspecified atom stereocenters. The second kappa shape index (κ2) is 3.31. The highest BCUT2D eigenvalue weighted by Gasteiger charge is 2.15. The van der Waals surface area contributed by atoms with Crippen LogP contribution in [0.5, 0.6) is 0 Å². The summed E-state index contributed by atoms with van der Waals surface area (Å²) in [6, 6.07) is 1.14. The Bertz CT molecular complexity index is 78.6. The molecule has 0 bridgehead atoms. The largest absolute Gasteiger partial charge is 0.130 e. The second-order valence-electron chi connectivity index (χ2n) is 2.79. The topological polar surface area (TPSA) is 0 Å². The minimum absolute atomic E-state index is 0.846. The maximum absolute atomic E-state index is 5.69. The highest BCUT2D eigenvalue weighted by Crippen LogP contribution is 2.10. The van der Waals surface area contributed by atoms with E-state index in [9.17, 15) is 0 Å². The van der Waals surface area contributed by atoms with Gasteiger partial charge in [0.15, 0.2) is 0 Å². The molecule has 0 heterocycles. The van der Waals surface area contributed by atoms with E-state index in [1.807, 2.05) is 6.08 Å². The van der Waals surface area contributed by atoms with Crippen LogP contribution in [0.2, 0.25) is 19.1 Å². The molecule has 48 valence electrons. The van der Waals surface area contributed by atoms with E-state index in [2.05, 4.69) is 19.7 Å². The Morgan fingerprint density at radius 2 is 2.12 bits per heavy atom. The zero-order chi connectivity index (χ0) is 6.62. The Hall–Kier alpha value is 0.247. The summed E-state index contributed by atoms with van der Waals surface area (Å²) in [4.78, 5) is 0. The van der Waals surface area contributed by atoms with E-state index in [1.54, 1.807) is 0 Å². The zero-order valence-electron chi connectivity index (χ0n) is 5.58. The molecular weight excluding hydrogens is 136 g/mol. The van der Waals surface area contributed by atoms with Crippen molar-refractivity contribution in [1.82, 2.24) is 0 Å². The summed E-state index contributed by atoms with van der Waals surface area (Å²) in [5, 5.41) is 0. The van der Waals surface area contributed by atoms with Gasteiger partial charge in [-0.1, -0.05) is 19.2 Å². The molecule has 0 aromatic heterocycles. The average Bonchev–Trinajstić information content (AvgIpc) is 1.67. The molecule has 0 amide bonds. The van der Waals surface area contributed by atoms with E-state index < -0.39 is 8.07 Å². The van der Waals surface area contributed by atoms with Gasteiger partial charge in [0.25, 0.3) is 0 Å². The molecule has 0 aliphatic carbocycles. The molecule has 0 atom stereocenters. The number of hydrogen-bond acceptors (Lipinski definition) is 0. The maximum Gasteiger partial charge on any atom is 0.0676 e. The van der Waals surface area contributed by atoms with Crippen molar-refractivity contribution >= 4 is 19.7 Å². The van der Waals surface area contributed by atoms with Crippen molar-refractivity contribution in [3.05, 3.63) is 12.7 Å². The van der Waals surface area contributed by atoms with Crippen LogP contribution in [0, 0.1) is 0 Å². The van der Waals surface area contributed by atoms with Gasteiger partial charge < -0.3 is 0 Å². The fourth-order valence-corrected chi connectivity index (χ4v) is 1.66. The first-order chi connectivity index (χ1) is 3.62. The molecule has 0 radical (unpaired) electrons. The molecule has 0 aromatic rings. The van der Waals surface area contributed by atoms with E-state index in [1.165, 1.54) is 0 Å². The van der Waals surface area contributed by atoms with Crippen LogP contribution in [-0.2, 0) is 0 Å². The highest BCUT2D eigenvalue weighted by molar-refractivity contribution is 6.83. The number of alkyl halides is 1. The average molecular weight is 149 g/mol. The Labute approximate surface area is 57.6 Å². The first-order valence-electron chi connectivity index (χ1n) is 2.79. The fourth-order valence-electron chi connectivity index (χ4n) is 0.445. The molecule has 0 spiro atoms. The lowest BCUT2D eigenvalue weighted by molar-refractivity contribution is 1.50. The lowest BCUT2D eigenvalue weighted by atomic mass is 10.8. The Morgan fingerprint density at radius 1 is 1.62 bits per heavy atom. The third-order valence-electron chi connectivity index (χ3n) is 1.06. The standard InChI is InChI=1S/C6H13ClSi/c1-4-5-8(2,3)6-7/h4H,1,5-6H2,2-3H3. The van der Waals surface area contributed by atoms with Gasteiger partial charge in [-0.15, -0.1) is 18.2 Å². The van der Waals surface area contributed by atoms with Crippen LogP contribution < -0.4 is 0 Å². The summed E-state index contributed by atoms with van der Waals surface area (Å²) in [5.74, 6) is 0. The van der Waals surface area contributed by atoms with Crippen molar-refractivity contribution in [1.29, 1.82) is 0 Å². The summed E-state index contributed by atoms with van der Waals surface area (Å²) in [5.41, 5.74) is 0.846. The van der Waals surface area contributed by atoms with E-state index in [4.69, 9.17) is 11.6 Å². The van der Waals surface area contributed by atoms with Crippen molar-refractivity contribution in [2.24, 2.45) is 0 Å². The van der Waals surface area contributed by atoms with Gasteiger partial charge in [0, 0.05) is 5.50 Å². The smallest absolute Gasteiger partial charge is 0.0676 e. The van der Waals surface area contributed by atoms with Crippen molar-refractivity contribution in [2.45, 2.75) is 19.1 Å². The van der Waals surface area contributed by atoms with Crippen molar-refractivity contribution in [2.75, 3.05) is 5.50 Å². The predicted molar refractivity (Wildman–Crippen MR) is 43.2 cm³/mol. The van der Waals surface area contributed by atoms with Crippen LogP contribution in [0.25, 0.3) is 0 Å². The molecule has 0 saturated heterocycles. The molecule has 2 heteroatoms. The van der Waals surface area contributed by atoms with Crippen molar-refractivity contribution in [3.63, 3.8) is 0 Å². The first-order valence-corrected chi connectivity index (χ1v) is 6.74. The van der Waals surface area contributed by atoms with Crippen LogP contribution >= 0.6 is 11.6 Å². The third-order valence-corrected chi connectivity index (χ3v) is 5.35. The Kier molecular flexibility index (Phi) is 3.41.